The van der Waals surface area contributed by atoms with Crippen molar-refractivity contribution in [2.24, 2.45) is 0 Å². The molecule has 2 rings (SSSR count). The van der Waals surface area contributed by atoms with Gasteiger partial charge in [-0.25, -0.2) is 4.79 Å². The predicted octanol–water partition coefficient (Wildman–Crippen LogP) is 3.46. The second-order valence-electron chi connectivity index (χ2n) is 6.66. The fraction of sp³-hybridized carbons (Fsp3) is 0.227. The van der Waals surface area contributed by atoms with Gasteiger partial charge in [0, 0.05) is 25.5 Å². The van der Waals surface area contributed by atoms with E-state index in [0.29, 0.717) is 11.3 Å². The molecule has 2 aromatic carbocycles. The molecule has 0 bridgehead atoms. The molecule has 1 amide bonds. The Kier molecular flexibility index (Phi) is 6.94. The highest BCUT2D eigenvalue weighted by Crippen LogP contribution is 2.16. The highest BCUT2D eigenvalue weighted by atomic mass is 16.5. The molecule has 0 radical (unpaired) electrons. The van der Waals surface area contributed by atoms with Crippen molar-refractivity contribution in [2.75, 3.05) is 30.9 Å². The molecule has 0 heterocycles. The van der Waals surface area contributed by atoms with Crippen molar-refractivity contribution >= 4 is 29.3 Å². The number of nitrogens with zero attached hydrogens (tertiary/aromatic N) is 2. The van der Waals surface area contributed by atoms with E-state index in [2.05, 4.69) is 5.32 Å². The van der Waals surface area contributed by atoms with Crippen LogP contribution in [0.25, 0.3) is 6.08 Å². The third-order valence-electron chi connectivity index (χ3n) is 3.90. The molecule has 0 saturated carbocycles. The van der Waals surface area contributed by atoms with Gasteiger partial charge in [-0.15, -0.1) is 0 Å². The van der Waals surface area contributed by atoms with Gasteiger partial charge in [-0.1, -0.05) is 18.2 Å². The first-order chi connectivity index (χ1) is 13.3. The Morgan fingerprint density at radius 3 is 2.25 bits per heavy atom. The lowest BCUT2D eigenvalue weighted by atomic mass is 10.1. The first-order valence-electron chi connectivity index (χ1n) is 8.73. The SMILES string of the molecule is Cc1cc(C)cc(NC(=O)COC(=O)/C(C#N)=C/c2ccc(N(C)C)cc2)c1. The number of hydrogen-bond donors (Lipinski definition) is 1. The van der Waals surface area contributed by atoms with Crippen molar-refractivity contribution in [3.8, 4) is 6.07 Å². The smallest absolute Gasteiger partial charge is 0.349 e. The van der Waals surface area contributed by atoms with Gasteiger partial charge < -0.3 is 15.0 Å². The number of amides is 1. The Hall–Kier alpha value is -3.59. The van der Waals surface area contributed by atoms with Crippen LogP contribution in [0.3, 0.4) is 0 Å². The minimum Gasteiger partial charge on any atom is -0.451 e. The van der Waals surface area contributed by atoms with Crippen LogP contribution in [-0.2, 0) is 14.3 Å². The van der Waals surface area contributed by atoms with Gasteiger partial charge in [0.05, 0.1) is 0 Å². The summed E-state index contributed by atoms with van der Waals surface area (Å²) in [6.07, 6.45) is 1.43. The summed E-state index contributed by atoms with van der Waals surface area (Å²) in [5.74, 6) is -1.30. The number of nitriles is 1. The largest absolute Gasteiger partial charge is 0.451 e. The van der Waals surface area contributed by atoms with E-state index in [-0.39, 0.29) is 5.57 Å². The molecule has 0 aliphatic heterocycles. The number of ether oxygens (including phenoxy) is 1. The number of carbonyl (C=O) groups excluding carboxylic acids is 2. The van der Waals surface area contributed by atoms with Crippen LogP contribution < -0.4 is 10.2 Å². The summed E-state index contributed by atoms with van der Waals surface area (Å²) in [4.78, 5) is 26.1. The zero-order valence-electron chi connectivity index (χ0n) is 16.4. The van der Waals surface area contributed by atoms with E-state index in [1.807, 2.05) is 69.2 Å². The van der Waals surface area contributed by atoms with Crippen LogP contribution in [0.4, 0.5) is 11.4 Å². The Balaban J connectivity index is 1.97. The predicted molar refractivity (Wildman–Crippen MR) is 110 cm³/mol. The molecule has 144 valence electrons. The fourth-order valence-electron chi connectivity index (χ4n) is 2.62. The normalized spacial score (nSPS) is 10.8. The van der Waals surface area contributed by atoms with Crippen molar-refractivity contribution in [3.63, 3.8) is 0 Å². The quantitative estimate of drug-likeness (QED) is 0.474. The minimum absolute atomic E-state index is 0.170. The number of benzene rings is 2. The molecule has 0 saturated heterocycles. The molecule has 28 heavy (non-hydrogen) atoms. The summed E-state index contributed by atoms with van der Waals surface area (Å²) in [5, 5.41) is 11.9. The van der Waals surface area contributed by atoms with Crippen molar-refractivity contribution in [3.05, 3.63) is 64.7 Å². The summed E-state index contributed by atoms with van der Waals surface area (Å²) < 4.78 is 4.97. The number of rotatable bonds is 6. The average molecular weight is 377 g/mol. The van der Waals surface area contributed by atoms with E-state index in [9.17, 15) is 14.9 Å². The maximum absolute atomic E-state index is 12.1. The van der Waals surface area contributed by atoms with Crippen LogP contribution in [0, 0.1) is 25.2 Å². The van der Waals surface area contributed by atoms with E-state index in [4.69, 9.17) is 4.74 Å². The summed E-state index contributed by atoms with van der Waals surface area (Å²) in [5.41, 5.74) is 4.19. The van der Waals surface area contributed by atoms with Crippen LogP contribution in [0.1, 0.15) is 16.7 Å². The zero-order valence-corrected chi connectivity index (χ0v) is 16.4. The molecule has 0 spiro atoms. The van der Waals surface area contributed by atoms with Crippen LogP contribution in [0.15, 0.2) is 48.0 Å². The molecule has 0 aromatic heterocycles. The van der Waals surface area contributed by atoms with Crippen molar-refractivity contribution in [1.82, 2.24) is 0 Å². The first kappa shape index (κ1) is 20.7. The minimum atomic E-state index is -0.838. The van der Waals surface area contributed by atoms with E-state index in [1.54, 1.807) is 12.1 Å². The maximum atomic E-state index is 12.1. The van der Waals surface area contributed by atoms with Gasteiger partial charge in [-0.05, 0) is 60.9 Å². The monoisotopic (exact) mass is 377 g/mol. The number of carbonyl (C=O) groups is 2. The van der Waals surface area contributed by atoms with Gasteiger partial charge in [-0.3, -0.25) is 4.79 Å². The summed E-state index contributed by atoms with van der Waals surface area (Å²) in [6.45, 7) is 3.39. The van der Waals surface area contributed by atoms with Crippen molar-refractivity contribution in [2.45, 2.75) is 13.8 Å². The van der Waals surface area contributed by atoms with Gasteiger partial charge in [0.2, 0.25) is 0 Å². The number of aryl methyl sites for hydroxylation is 2. The Morgan fingerprint density at radius 1 is 1.11 bits per heavy atom. The molecule has 6 heteroatoms. The summed E-state index contributed by atoms with van der Waals surface area (Å²) in [6, 6.07) is 14.8. The lowest BCUT2D eigenvalue weighted by molar-refractivity contribution is -0.142. The molecule has 0 aliphatic rings. The van der Waals surface area contributed by atoms with Crippen molar-refractivity contribution in [1.29, 1.82) is 5.26 Å². The first-order valence-corrected chi connectivity index (χ1v) is 8.73. The van der Waals surface area contributed by atoms with Gasteiger partial charge in [0.1, 0.15) is 11.6 Å². The molecule has 0 atom stereocenters. The van der Waals surface area contributed by atoms with Crippen LogP contribution >= 0.6 is 0 Å². The molecule has 6 nitrogen and oxygen atoms in total. The summed E-state index contributed by atoms with van der Waals surface area (Å²) >= 11 is 0. The molecule has 0 aliphatic carbocycles. The third-order valence-corrected chi connectivity index (χ3v) is 3.90. The van der Waals surface area contributed by atoms with Gasteiger partial charge >= 0.3 is 5.97 Å². The maximum Gasteiger partial charge on any atom is 0.349 e. The molecule has 2 aromatic rings. The van der Waals surface area contributed by atoms with Crippen LogP contribution in [0.5, 0.6) is 0 Å². The number of anilines is 2. The summed E-state index contributed by atoms with van der Waals surface area (Å²) in [7, 11) is 3.85. The lowest BCUT2D eigenvalue weighted by Gasteiger charge is -2.11. The van der Waals surface area contributed by atoms with Gasteiger partial charge in [0.15, 0.2) is 6.61 Å². The highest BCUT2D eigenvalue weighted by Gasteiger charge is 2.13. The van der Waals surface area contributed by atoms with Crippen LogP contribution in [0.2, 0.25) is 0 Å². The molecular formula is C22H23N3O3. The van der Waals surface area contributed by atoms with E-state index < -0.39 is 18.5 Å². The van der Waals surface area contributed by atoms with Crippen molar-refractivity contribution < 1.29 is 14.3 Å². The standard InChI is InChI=1S/C22H23N3O3/c1-15-9-16(2)11-19(10-15)24-21(26)14-28-22(27)18(13-23)12-17-5-7-20(8-6-17)25(3)4/h5-12H,14H2,1-4H3,(H,24,26)/b18-12+. The Morgan fingerprint density at radius 2 is 1.71 bits per heavy atom. The van der Waals surface area contributed by atoms with E-state index in [0.717, 1.165) is 16.8 Å². The van der Waals surface area contributed by atoms with Crippen LogP contribution in [-0.4, -0.2) is 32.6 Å². The third kappa shape index (κ3) is 5.99. The van der Waals surface area contributed by atoms with Gasteiger partial charge in [0.25, 0.3) is 5.91 Å². The number of esters is 1. The van der Waals surface area contributed by atoms with Gasteiger partial charge in [-0.2, -0.15) is 5.26 Å². The topological polar surface area (TPSA) is 82.4 Å². The van der Waals surface area contributed by atoms with E-state index in [1.165, 1.54) is 6.08 Å². The Labute approximate surface area is 165 Å². The fourth-order valence-corrected chi connectivity index (χ4v) is 2.62. The lowest BCUT2D eigenvalue weighted by Crippen LogP contribution is -2.21. The zero-order chi connectivity index (χ0) is 20.7. The number of nitrogens with one attached hydrogen (secondary N) is 1. The Bertz CT molecular complexity index is 918. The van der Waals surface area contributed by atoms with E-state index >= 15 is 0 Å². The second-order valence-corrected chi connectivity index (χ2v) is 6.66. The highest BCUT2D eigenvalue weighted by molar-refractivity contribution is 6.00. The molecular weight excluding hydrogens is 354 g/mol. The second kappa shape index (κ2) is 9.38. The average Bonchev–Trinajstić information content (AvgIpc) is 2.63. The molecule has 0 unspecified atom stereocenters. The molecule has 0 fully saturated rings. The number of hydrogen-bond acceptors (Lipinski definition) is 5. The molecule has 1 N–H and O–H groups in total.